The Labute approximate surface area is 123 Å². The van der Waals surface area contributed by atoms with Crippen LogP contribution in [0.5, 0.6) is 0 Å². The van der Waals surface area contributed by atoms with E-state index in [-0.39, 0.29) is 0 Å². The number of aliphatic hydroxyl groups is 1. The van der Waals surface area contributed by atoms with Crippen molar-refractivity contribution in [2.45, 2.75) is 45.4 Å². The number of carbonyl (C=O) groups excluding carboxylic acids is 1. The van der Waals surface area contributed by atoms with E-state index in [1.54, 1.807) is 45.0 Å². The van der Waals surface area contributed by atoms with Crippen LogP contribution in [-0.2, 0) is 9.53 Å². The molecule has 6 heteroatoms. The van der Waals surface area contributed by atoms with E-state index in [9.17, 15) is 14.7 Å². The highest BCUT2D eigenvalue weighted by Gasteiger charge is 2.30. The molecule has 0 saturated heterocycles. The summed E-state index contributed by atoms with van der Waals surface area (Å²) in [4.78, 5) is 22.8. The fourth-order valence-corrected chi connectivity index (χ4v) is 1.70. The number of amides is 1. The number of hydrogen-bond donors (Lipinski definition) is 3. The van der Waals surface area contributed by atoms with Crippen molar-refractivity contribution in [1.82, 2.24) is 5.32 Å². The van der Waals surface area contributed by atoms with Crippen molar-refractivity contribution in [3.8, 4) is 0 Å². The maximum absolute atomic E-state index is 11.8. The minimum atomic E-state index is -1.76. The minimum Gasteiger partial charge on any atom is -0.479 e. The van der Waals surface area contributed by atoms with E-state index in [4.69, 9.17) is 9.84 Å². The van der Waals surface area contributed by atoms with E-state index in [2.05, 4.69) is 5.32 Å². The van der Waals surface area contributed by atoms with E-state index in [0.29, 0.717) is 5.56 Å². The third-order valence-electron chi connectivity index (χ3n) is 2.68. The zero-order chi connectivity index (χ0) is 16.2. The highest BCUT2D eigenvalue weighted by Crippen LogP contribution is 2.19. The molecule has 1 aromatic carbocycles. The molecule has 0 saturated carbocycles. The summed E-state index contributed by atoms with van der Waals surface area (Å²) >= 11 is 0. The van der Waals surface area contributed by atoms with Gasteiger partial charge in [0.05, 0.1) is 6.04 Å². The largest absolute Gasteiger partial charge is 0.479 e. The van der Waals surface area contributed by atoms with Gasteiger partial charge >= 0.3 is 12.1 Å². The molecule has 1 rings (SSSR count). The standard InChI is InChI=1S/C15H21NO5/c1-9-5-7-10(8-6-9)11(12(17)13(18)19)16-14(20)21-15(2,3)4/h5-8,11-12,17H,1-4H3,(H,16,20)(H,18,19)/t11-,12-/m0/s1. The van der Waals surface area contributed by atoms with E-state index >= 15 is 0 Å². The average Bonchev–Trinajstić information content (AvgIpc) is 2.34. The van der Waals surface area contributed by atoms with Gasteiger partial charge in [-0.05, 0) is 33.3 Å². The second kappa shape index (κ2) is 6.58. The number of ether oxygens (including phenoxy) is 1. The molecular weight excluding hydrogens is 274 g/mol. The van der Waals surface area contributed by atoms with E-state index in [1.807, 2.05) is 6.92 Å². The van der Waals surface area contributed by atoms with E-state index in [1.165, 1.54) is 0 Å². The third kappa shape index (κ3) is 5.43. The Balaban J connectivity index is 2.95. The van der Waals surface area contributed by atoms with Crippen LogP contribution in [-0.4, -0.2) is 34.0 Å². The van der Waals surface area contributed by atoms with Crippen molar-refractivity contribution in [2.24, 2.45) is 0 Å². The van der Waals surface area contributed by atoms with Crippen LogP contribution in [0.2, 0.25) is 0 Å². The number of aryl methyl sites for hydroxylation is 1. The van der Waals surface area contributed by atoms with Crippen LogP contribution in [0, 0.1) is 6.92 Å². The summed E-state index contributed by atoms with van der Waals surface area (Å²) in [6.45, 7) is 6.97. The Kier molecular flexibility index (Phi) is 5.32. The quantitative estimate of drug-likeness (QED) is 0.789. The van der Waals surface area contributed by atoms with Crippen LogP contribution in [0.3, 0.4) is 0 Å². The van der Waals surface area contributed by atoms with Crippen molar-refractivity contribution in [2.75, 3.05) is 0 Å². The summed E-state index contributed by atoms with van der Waals surface area (Å²) in [5.41, 5.74) is 0.761. The molecule has 116 valence electrons. The fraction of sp³-hybridized carbons (Fsp3) is 0.467. The van der Waals surface area contributed by atoms with Gasteiger partial charge in [0.25, 0.3) is 0 Å². The summed E-state index contributed by atoms with van der Waals surface area (Å²) in [5.74, 6) is -1.42. The molecule has 0 aliphatic rings. The van der Waals surface area contributed by atoms with Crippen LogP contribution in [0.4, 0.5) is 4.79 Å². The van der Waals surface area contributed by atoms with Gasteiger partial charge in [0.15, 0.2) is 6.10 Å². The predicted octanol–water partition coefficient (Wildman–Crippen LogP) is 2.01. The molecule has 3 N–H and O–H groups in total. The lowest BCUT2D eigenvalue weighted by atomic mass is 10.0. The monoisotopic (exact) mass is 295 g/mol. The van der Waals surface area contributed by atoms with E-state index in [0.717, 1.165) is 5.56 Å². The highest BCUT2D eigenvalue weighted by atomic mass is 16.6. The third-order valence-corrected chi connectivity index (χ3v) is 2.68. The number of aliphatic hydroxyl groups excluding tert-OH is 1. The summed E-state index contributed by atoms with van der Waals surface area (Å²) in [6.07, 6.45) is -2.55. The first-order valence-corrected chi connectivity index (χ1v) is 6.57. The number of nitrogens with one attached hydrogen (secondary N) is 1. The maximum atomic E-state index is 11.8. The molecule has 0 spiro atoms. The zero-order valence-electron chi connectivity index (χ0n) is 12.6. The Hall–Kier alpha value is -2.08. The van der Waals surface area contributed by atoms with Crippen LogP contribution in [0.1, 0.15) is 37.9 Å². The van der Waals surface area contributed by atoms with Gasteiger partial charge in [0.1, 0.15) is 5.60 Å². The van der Waals surface area contributed by atoms with Gasteiger partial charge in [0, 0.05) is 0 Å². The summed E-state index contributed by atoms with van der Waals surface area (Å²) < 4.78 is 5.09. The Morgan fingerprint density at radius 1 is 1.19 bits per heavy atom. The maximum Gasteiger partial charge on any atom is 0.408 e. The Bertz CT molecular complexity index is 504. The molecule has 1 amide bonds. The molecule has 0 unspecified atom stereocenters. The second-order valence-corrected chi connectivity index (χ2v) is 5.82. The number of carbonyl (C=O) groups is 2. The summed E-state index contributed by atoms with van der Waals surface area (Å²) in [7, 11) is 0. The lowest BCUT2D eigenvalue weighted by molar-refractivity contribution is -0.148. The topological polar surface area (TPSA) is 95.9 Å². The number of benzene rings is 1. The van der Waals surface area contributed by atoms with Crippen molar-refractivity contribution < 1.29 is 24.5 Å². The Morgan fingerprint density at radius 3 is 2.14 bits per heavy atom. The van der Waals surface area contributed by atoms with Crippen molar-refractivity contribution in [1.29, 1.82) is 0 Å². The van der Waals surface area contributed by atoms with Crippen LogP contribution in [0.15, 0.2) is 24.3 Å². The minimum absolute atomic E-state index is 0.487. The molecule has 0 aromatic heterocycles. The molecule has 0 radical (unpaired) electrons. The normalized spacial score (nSPS) is 14.1. The number of rotatable bonds is 4. The first kappa shape index (κ1) is 17.0. The van der Waals surface area contributed by atoms with Gasteiger partial charge in [0.2, 0.25) is 0 Å². The molecule has 2 atom stereocenters. The van der Waals surface area contributed by atoms with Crippen molar-refractivity contribution in [3.63, 3.8) is 0 Å². The smallest absolute Gasteiger partial charge is 0.408 e. The molecule has 0 aliphatic heterocycles. The number of carboxylic acid groups (broad SMARTS) is 1. The predicted molar refractivity (Wildman–Crippen MR) is 76.9 cm³/mol. The van der Waals surface area contributed by atoms with Gasteiger partial charge in [-0.15, -0.1) is 0 Å². The van der Waals surface area contributed by atoms with Gasteiger partial charge in [-0.3, -0.25) is 0 Å². The first-order valence-electron chi connectivity index (χ1n) is 6.57. The second-order valence-electron chi connectivity index (χ2n) is 5.82. The van der Waals surface area contributed by atoms with E-state index < -0.39 is 29.8 Å². The molecular formula is C15H21NO5. The van der Waals surface area contributed by atoms with Crippen LogP contribution < -0.4 is 5.32 Å². The molecule has 0 bridgehead atoms. The SMILES string of the molecule is Cc1ccc([C@H](NC(=O)OC(C)(C)C)[C@H](O)C(=O)O)cc1. The Morgan fingerprint density at radius 2 is 1.71 bits per heavy atom. The average molecular weight is 295 g/mol. The number of aliphatic carboxylic acids is 1. The number of carboxylic acids is 1. The lowest BCUT2D eigenvalue weighted by Gasteiger charge is -2.25. The van der Waals surface area contributed by atoms with Crippen LogP contribution in [0.25, 0.3) is 0 Å². The molecule has 0 fully saturated rings. The molecule has 0 aliphatic carbocycles. The number of alkyl carbamates (subject to hydrolysis) is 1. The molecule has 0 heterocycles. The van der Waals surface area contributed by atoms with Gasteiger partial charge in [-0.1, -0.05) is 29.8 Å². The van der Waals surface area contributed by atoms with Gasteiger partial charge < -0.3 is 20.3 Å². The van der Waals surface area contributed by atoms with Gasteiger partial charge in [-0.2, -0.15) is 0 Å². The zero-order valence-corrected chi connectivity index (χ0v) is 12.6. The first-order chi connectivity index (χ1) is 9.60. The van der Waals surface area contributed by atoms with Crippen molar-refractivity contribution >= 4 is 12.1 Å². The molecule has 6 nitrogen and oxygen atoms in total. The fourth-order valence-electron chi connectivity index (χ4n) is 1.70. The number of hydrogen-bond acceptors (Lipinski definition) is 4. The molecule has 21 heavy (non-hydrogen) atoms. The van der Waals surface area contributed by atoms with Gasteiger partial charge in [-0.25, -0.2) is 9.59 Å². The molecule has 1 aromatic rings. The summed E-state index contributed by atoms with van der Waals surface area (Å²) in [6, 6.07) is 5.77. The highest BCUT2D eigenvalue weighted by molar-refractivity contribution is 5.75. The van der Waals surface area contributed by atoms with Crippen molar-refractivity contribution in [3.05, 3.63) is 35.4 Å². The lowest BCUT2D eigenvalue weighted by Crippen LogP contribution is -2.42. The van der Waals surface area contributed by atoms with Crippen LogP contribution >= 0.6 is 0 Å². The summed E-state index contributed by atoms with van der Waals surface area (Å²) in [5, 5.41) is 21.2.